The molecule has 1 aromatic carbocycles. The second-order valence-corrected chi connectivity index (χ2v) is 9.29. The molecule has 40 heavy (non-hydrogen) atoms. The van der Waals surface area contributed by atoms with Crippen LogP contribution in [0.15, 0.2) is 30.9 Å². The molecule has 0 spiro atoms. The van der Waals surface area contributed by atoms with E-state index in [1.54, 1.807) is 0 Å². The van der Waals surface area contributed by atoms with Crippen LogP contribution in [0, 0.1) is 5.82 Å². The average Bonchev–Trinajstić information content (AvgIpc) is 3.71. The van der Waals surface area contributed by atoms with Crippen LogP contribution in [0.1, 0.15) is 48.2 Å². The fraction of sp³-hybridized carbons (Fsp3) is 0.370. The van der Waals surface area contributed by atoms with Crippen molar-refractivity contribution in [3.05, 3.63) is 59.2 Å². The molecule has 1 aliphatic rings. The van der Waals surface area contributed by atoms with E-state index in [-0.39, 0.29) is 35.5 Å². The van der Waals surface area contributed by atoms with Crippen LogP contribution in [0.2, 0.25) is 0 Å². The van der Waals surface area contributed by atoms with Crippen LogP contribution >= 0.6 is 0 Å². The predicted octanol–water partition coefficient (Wildman–Crippen LogP) is 5.53. The highest BCUT2D eigenvalue weighted by atomic mass is 19.4. The van der Waals surface area contributed by atoms with Crippen LogP contribution in [0.5, 0.6) is 17.5 Å². The van der Waals surface area contributed by atoms with Crippen LogP contribution in [-0.2, 0) is 26.3 Å². The summed E-state index contributed by atoms with van der Waals surface area (Å²) in [5.41, 5.74) is 1.40. The second kappa shape index (κ2) is 10.7. The zero-order valence-electron chi connectivity index (χ0n) is 22.2. The van der Waals surface area contributed by atoms with Gasteiger partial charge in [-0.1, -0.05) is 6.92 Å². The fourth-order valence-electron chi connectivity index (χ4n) is 4.43. The van der Waals surface area contributed by atoms with Crippen LogP contribution in [0.3, 0.4) is 0 Å². The normalized spacial score (nSPS) is 13.4. The first kappa shape index (κ1) is 27.3. The maximum atomic E-state index is 15.2. The number of aromatic nitrogens is 6. The van der Waals surface area contributed by atoms with E-state index in [1.807, 2.05) is 6.92 Å². The molecule has 13 heteroatoms. The fourth-order valence-corrected chi connectivity index (χ4v) is 4.43. The summed E-state index contributed by atoms with van der Waals surface area (Å²) in [6.07, 6.45) is 1.54. The van der Waals surface area contributed by atoms with Crippen molar-refractivity contribution in [2.45, 2.75) is 44.9 Å². The highest BCUT2D eigenvalue weighted by Gasteiger charge is 2.35. The van der Waals surface area contributed by atoms with Gasteiger partial charge in [-0.3, -0.25) is 0 Å². The lowest BCUT2D eigenvalue weighted by molar-refractivity contribution is -0.140. The molecule has 0 radical (unpaired) electrons. The molecule has 1 saturated carbocycles. The van der Waals surface area contributed by atoms with Gasteiger partial charge in [0.25, 0.3) is 5.88 Å². The van der Waals surface area contributed by atoms with Gasteiger partial charge in [-0.2, -0.15) is 18.2 Å². The van der Waals surface area contributed by atoms with Crippen LogP contribution in [0.25, 0.3) is 22.8 Å². The molecule has 0 N–H and O–H groups in total. The number of ether oxygens (including phenoxy) is 3. The van der Waals surface area contributed by atoms with Gasteiger partial charge in [-0.15, -0.1) is 0 Å². The maximum Gasteiger partial charge on any atom is 0.434 e. The van der Waals surface area contributed by atoms with E-state index in [4.69, 9.17) is 14.2 Å². The van der Waals surface area contributed by atoms with E-state index in [0.29, 0.717) is 34.8 Å². The van der Waals surface area contributed by atoms with Crippen LogP contribution in [0.4, 0.5) is 17.6 Å². The van der Waals surface area contributed by atoms with E-state index in [2.05, 4.69) is 24.9 Å². The maximum absolute atomic E-state index is 15.2. The Morgan fingerprint density at radius 1 is 1.00 bits per heavy atom. The summed E-state index contributed by atoms with van der Waals surface area (Å²) in [6, 6.07) is 2.73. The minimum Gasteiger partial charge on any atom is -0.490 e. The van der Waals surface area contributed by atoms with Crippen molar-refractivity contribution < 1.29 is 31.8 Å². The lowest BCUT2D eigenvalue weighted by atomic mass is 10.0. The number of benzene rings is 1. The quantitative estimate of drug-likeness (QED) is 0.248. The molecule has 5 rings (SSSR count). The summed E-state index contributed by atoms with van der Waals surface area (Å²) in [4.78, 5) is 21.2. The number of methoxy groups -OCH3 is 2. The topological polar surface area (TPSA) is 97.1 Å². The number of hydrogen-bond acceptors (Lipinski definition) is 8. The molecule has 4 aromatic rings. The first-order chi connectivity index (χ1) is 19.1. The van der Waals surface area contributed by atoms with Gasteiger partial charge >= 0.3 is 6.18 Å². The van der Waals surface area contributed by atoms with Gasteiger partial charge in [0.1, 0.15) is 30.1 Å². The van der Waals surface area contributed by atoms with Gasteiger partial charge in [0.15, 0.2) is 17.3 Å². The van der Waals surface area contributed by atoms with Crippen molar-refractivity contribution in [3.8, 4) is 40.3 Å². The first-order valence-electron chi connectivity index (χ1n) is 12.5. The number of hydrogen-bond donors (Lipinski definition) is 0. The zero-order valence-corrected chi connectivity index (χ0v) is 22.2. The molecule has 1 aliphatic carbocycles. The summed E-state index contributed by atoms with van der Waals surface area (Å²) in [5, 5.41) is 0. The Bertz CT molecular complexity index is 1550. The van der Waals surface area contributed by atoms with E-state index < -0.39 is 17.7 Å². The Morgan fingerprint density at radius 2 is 1.77 bits per heavy atom. The van der Waals surface area contributed by atoms with E-state index in [1.165, 1.54) is 45.9 Å². The third-order valence-electron chi connectivity index (χ3n) is 6.61. The van der Waals surface area contributed by atoms with Crippen molar-refractivity contribution in [2.24, 2.45) is 7.05 Å². The molecule has 0 amide bonds. The Balaban J connectivity index is 1.47. The smallest absolute Gasteiger partial charge is 0.434 e. The third-order valence-corrected chi connectivity index (χ3v) is 6.61. The number of imidazole rings is 1. The summed E-state index contributed by atoms with van der Waals surface area (Å²) >= 11 is 0. The lowest BCUT2D eigenvalue weighted by Crippen LogP contribution is -2.07. The van der Waals surface area contributed by atoms with Gasteiger partial charge in [0.2, 0.25) is 5.88 Å². The Hall–Kier alpha value is -4.29. The van der Waals surface area contributed by atoms with Crippen molar-refractivity contribution in [2.75, 3.05) is 14.2 Å². The molecule has 0 atom stereocenters. The molecule has 0 unspecified atom stereocenters. The van der Waals surface area contributed by atoms with Crippen molar-refractivity contribution in [1.29, 1.82) is 0 Å². The summed E-state index contributed by atoms with van der Waals surface area (Å²) < 4.78 is 72.7. The number of aryl methyl sites for hydroxylation is 2. The Labute approximate surface area is 227 Å². The second-order valence-electron chi connectivity index (χ2n) is 9.29. The van der Waals surface area contributed by atoms with Crippen molar-refractivity contribution in [1.82, 2.24) is 29.5 Å². The minimum atomic E-state index is -4.64. The number of alkyl halides is 3. The molecule has 9 nitrogen and oxygen atoms in total. The number of halogens is 4. The predicted molar refractivity (Wildman–Crippen MR) is 135 cm³/mol. The monoisotopic (exact) mass is 558 g/mol. The standard InChI is InChI=1S/C27H26F4N6O3/c1-5-14-8-17(24-35-20(11-37(24)2)27(29,30)31)18(28)9-16(14)12-40-25-19(38-3)10-32-23(36-25)21-22(15-6-7-15)33-13-34-26(21)39-4/h8-11,13,15H,5-7,12H2,1-4H3. The number of rotatable bonds is 9. The summed E-state index contributed by atoms with van der Waals surface area (Å²) in [7, 11) is 4.34. The Morgan fingerprint density at radius 3 is 2.40 bits per heavy atom. The van der Waals surface area contributed by atoms with Crippen molar-refractivity contribution in [3.63, 3.8) is 0 Å². The van der Waals surface area contributed by atoms with E-state index in [0.717, 1.165) is 29.3 Å². The summed E-state index contributed by atoms with van der Waals surface area (Å²) in [6.45, 7) is 1.77. The molecule has 3 aromatic heterocycles. The van der Waals surface area contributed by atoms with Gasteiger partial charge in [-0.05, 0) is 42.5 Å². The largest absolute Gasteiger partial charge is 0.490 e. The molecule has 0 aliphatic heterocycles. The van der Waals surface area contributed by atoms with E-state index >= 15 is 4.39 Å². The van der Waals surface area contributed by atoms with E-state index in [9.17, 15) is 13.2 Å². The molecule has 0 saturated heterocycles. The highest BCUT2D eigenvalue weighted by molar-refractivity contribution is 5.66. The summed E-state index contributed by atoms with van der Waals surface area (Å²) in [5.74, 6) is 0.417. The number of nitrogens with zero attached hydrogens (tertiary/aromatic N) is 6. The van der Waals surface area contributed by atoms with Gasteiger partial charge in [-0.25, -0.2) is 24.3 Å². The lowest BCUT2D eigenvalue weighted by Gasteiger charge is -2.15. The molecular formula is C27H26F4N6O3. The molecular weight excluding hydrogens is 532 g/mol. The van der Waals surface area contributed by atoms with Crippen LogP contribution < -0.4 is 14.2 Å². The SMILES string of the molecule is CCc1cc(-c2nc(C(F)(F)F)cn2C)c(F)cc1COc1nc(-c2c(OC)ncnc2C2CC2)ncc1OC. The Kier molecular flexibility index (Phi) is 7.30. The molecule has 1 fully saturated rings. The molecule has 0 bridgehead atoms. The molecule has 3 heterocycles. The zero-order chi connectivity index (χ0) is 28.6. The minimum absolute atomic E-state index is 0.0377. The van der Waals surface area contributed by atoms with Gasteiger partial charge in [0.05, 0.1) is 31.7 Å². The van der Waals surface area contributed by atoms with Gasteiger partial charge < -0.3 is 18.8 Å². The third kappa shape index (κ3) is 5.27. The van der Waals surface area contributed by atoms with Crippen molar-refractivity contribution >= 4 is 0 Å². The first-order valence-corrected chi connectivity index (χ1v) is 12.5. The molecule has 210 valence electrons. The van der Waals surface area contributed by atoms with Crippen LogP contribution in [-0.4, -0.2) is 43.7 Å². The van der Waals surface area contributed by atoms with Gasteiger partial charge in [0, 0.05) is 19.2 Å². The average molecular weight is 559 g/mol. The highest BCUT2D eigenvalue weighted by Crippen LogP contribution is 2.45.